The Hall–Kier alpha value is -2.42. The van der Waals surface area contributed by atoms with E-state index in [1.807, 2.05) is 0 Å². The largest absolute Gasteiger partial charge is 0.416 e. The topological polar surface area (TPSA) is 59.3 Å². The molecule has 0 unspecified atom stereocenters. The molecule has 3 aromatic rings. The van der Waals surface area contributed by atoms with E-state index in [1.54, 1.807) is 12.1 Å². The zero-order valence-electron chi connectivity index (χ0n) is 14.9. The lowest BCUT2D eigenvalue weighted by Gasteiger charge is -2.28. The van der Waals surface area contributed by atoms with Gasteiger partial charge in [-0.2, -0.15) is 17.7 Å². The van der Waals surface area contributed by atoms with Crippen LogP contribution in [0.5, 0.6) is 0 Å². The number of hydrogen-bond donors (Lipinski definition) is 1. The second-order valence-electron chi connectivity index (χ2n) is 6.97. The van der Waals surface area contributed by atoms with Crippen molar-refractivity contribution in [2.45, 2.75) is 50.2 Å². The minimum atomic E-state index is -4.39. The van der Waals surface area contributed by atoms with Crippen LogP contribution in [0.2, 0.25) is 0 Å². The summed E-state index contributed by atoms with van der Waals surface area (Å²) in [4.78, 5) is 16.5. The Labute approximate surface area is 163 Å². The summed E-state index contributed by atoms with van der Waals surface area (Å²) in [5.74, 6) is -0.281. The minimum Gasteiger partial charge on any atom is -0.357 e. The van der Waals surface area contributed by atoms with Gasteiger partial charge in [0.15, 0.2) is 0 Å². The molecule has 28 heavy (non-hydrogen) atoms. The molecule has 0 radical (unpaired) electrons. The fourth-order valence-corrected chi connectivity index (χ4v) is 4.73. The van der Waals surface area contributed by atoms with Gasteiger partial charge in [0, 0.05) is 24.2 Å². The highest BCUT2D eigenvalue weighted by molar-refractivity contribution is 7.20. The first-order chi connectivity index (χ1) is 13.4. The second kappa shape index (κ2) is 7.54. The Morgan fingerprint density at radius 2 is 1.89 bits per heavy atom. The van der Waals surface area contributed by atoms with Gasteiger partial charge in [-0.1, -0.05) is 48.8 Å². The summed E-state index contributed by atoms with van der Waals surface area (Å²) in [6.07, 6.45) is 1.27. The first-order valence-electron chi connectivity index (χ1n) is 9.21. The van der Waals surface area contributed by atoms with Gasteiger partial charge in [0.1, 0.15) is 0 Å². The summed E-state index contributed by atoms with van der Waals surface area (Å²) in [5.41, 5.74) is -0.532. The molecule has 0 aliphatic heterocycles. The minimum absolute atomic E-state index is 0.192. The van der Waals surface area contributed by atoms with E-state index in [9.17, 15) is 18.0 Å². The summed E-state index contributed by atoms with van der Waals surface area (Å²) >= 11 is 1.23. The molecule has 5 nitrogen and oxygen atoms in total. The van der Waals surface area contributed by atoms with Crippen molar-refractivity contribution in [2.75, 3.05) is 5.32 Å². The molecule has 1 fully saturated rings. The number of hydrogen-bond acceptors (Lipinski definition) is 5. The van der Waals surface area contributed by atoms with Crippen LogP contribution in [-0.2, 0) is 6.18 Å². The van der Waals surface area contributed by atoms with E-state index in [0.717, 1.165) is 31.7 Å². The van der Waals surface area contributed by atoms with Crippen molar-refractivity contribution in [1.29, 1.82) is 0 Å². The molecular formula is C19H19F3N4OS. The molecule has 1 aliphatic rings. The maximum Gasteiger partial charge on any atom is 0.416 e. The van der Waals surface area contributed by atoms with Crippen molar-refractivity contribution >= 4 is 21.4 Å². The van der Waals surface area contributed by atoms with Gasteiger partial charge in [0.2, 0.25) is 10.1 Å². The lowest BCUT2D eigenvalue weighted by atomic mass is 9.84. The number of nitrogens with zero attached hydrogens (tertiary/aromatic N) is 3. The zero-order chi connectivity index (χ0) is 19.7. The van der Waals surface area contributed by atoms with Crippen LogP contribution < -0.4 is 10.9 Å². The lowest BCUT2D eigenvalue weighted by Crippen LogP contribution is -2.28. The van der Waals surface area contributed by atoms with Gasteiger partial charge in [-0.25, -0.2) is 4.98 Å². The van der Waals surface area contributed by atoms with Crippen LogP contribution in [-0.4, -0.2) is 20.6 Å². The van der Waals surface area contributed by atoms with E-state index in [-0.39, 0.29) is 17.5 Å². The van der Waals surface area contributed by atoms with Crippen LogP contribution in [0, 0.1) is 0 Å². The van der Waals surface area contributed by atoms with Crippen LogP contribution in [0.15, 0.2) is 41.3 Å². The molecule has 1 aromatic carbocycles. The van der Waals surface area contributed by atoms with Crippen molar-refractivity contribution in [3.8, 4) is 0 Å². The summed E-state index contributed by atoms with van der Waals surface area (Å²) in [6.45, 7) is 0. The fourth-order valence-electron chi connectivity index (χ4n) is 3.89. The van der Waals surface area contributed by atoms with Crippen molar-refractivity contribution in [3.05, 3.63) is 58.0 Å². The van der Waals surface area contributed by atoms with Gasteiger partial charge in [0.05, 0.1) is 5.56 Å². The zero-order valence-corrected chi connectivity index (χ0v) is 15.8. The third-order valence-corrected chi connectivity index (χ3v) is 6.02. The number of halogens is 3. The van der Waals surface area contributed by atoms with Gasteiger partial charge in [-0.3, -0.25) is 4.79 Å². The van der Waals surface area contributed by atoms with Crippen LogP contribution in [0.1, 0.15) is 49.1 Å². The van der Waals surface area contributed by atoms with Crippen LogP contribution in [0.3, 0.4) is 0 Å². The average molecular weight is 408 g/mol. The van der Waals surface area contributed by atoms with Gasteiger partial charge in [-0.15, -0.1) is 5.10 Å². The van der Waals surface area contributed by atoms with Gasteiger partial charge >= 0.3 is 6.18 Å². The van der Waals surface area contributed by atoms with E-state index in [1.165, 1.54) is 34.2 Å². The number of benzene rings is 1. The SMILES string of the molecule is O=c1ccnc2sc(N[C@H]3CCCCC[C@@H]3c3ccccc3C(F)(F)F)nn12. The molecular weight excluding hydrogens is 389 g/mol. The Morgan fingerprint density at radius 1 is 1.11 bits per heavy atom. The molecule has 2 heterocycles. The number of anilines is 1. The Morgan fingerprint density at radius 3 is 2.68 bits per heavy atom. The predicted octanol–water partition coefficient (Wildman–Crippen LogP) is 4.70. The summed E-state index contributed by atoms with van der Waals surface area (Å²) in [7, 11) is 0. The normalized spacial score (nSPS) is 20.8. The van der Waals surface area contributed by atoms with E-state index in [0.29, 0.717) is 22.1 Å². The molecule has 148 valence electrons. The fraction of sp³-hybridized carbons (Fsp3) is 0.421. The van der Waals surface area contributed by atoms with Crippen LogP contribution in [0.4, 0.5) is 18.3 Å². The number of rotatable bonds is 3. The molecule has 0 spiro atoms. The Balaban J connectivity index is 1.70. The van der Waals surface area contributed by atoms with Crippen molar-refractivity contribution < 1.29 is 13.2 Å². The molecule has 1 N–H and O–H groups in total. The first kappa shape index (κ1) is 18.9. The maximum absolute atomic E-state index is 13.6. The molecule has 1 saturated carbocycles. The first-order valence-corrected chi connectivity index (χ1v) is 10.0. The molecule has 0 bridgehead atoms. The summed E-state index contributed by atoms with van der Waals surface area (Å²) < 4.78 is 41.9. The van der Waals surface area contributed by atoms with Gasteiger partial charge in [0.25, 0.3) is 5.56 Å². The van der Waals surface area contributed by atoms with E-state index in [2.05, 4.69) is 15.4 Å². The third kappa shape index (κ3) is 3.76. The third-order valence-electron chi connectivity index (χ3n) is 5.16. The van der Waals surface area contributed by atoms with Crippen molar-refractivity contribution in [2.24, 2.45) is 0 Å². The number of fused-ring (bicyclic) bond motifs is 1. The van der Waals surface area contributed by atoms with E-state index in [4.69, 9.17) is 0 Å². The van der Waals surface area contributed by atoms with Crippen molar-refractivity contribution in [3.63, 3.8) is 0 Å². The Bertz CT molecular complexity index is 1030. The van der Waals surface area contributed by atoms with Crippen molar-refractivity contribution in [1.82, 2.24) is 14.6 Å². The number of alkyl halides is 3. The number of aromatic nitrogens is 3. The van der Waals surface area contributed by atoms with Crippen LogP contribution >= 0.6 is 11.3 Å². The second-order valence-corrected chi connectivity index (χ2v) is 7.92. The molecule has 0 saturated heterocycles. The average Bonchev–Trinajstić information content (AvgIpc) is 2.93. The molecule has 0 amide bonds. The smallest absolute Gasteiger partial charge is 0.357 e. The maximum atomic E-state index is 13.6. The van der Waals surface area contributed by atoms with Crippen LogP contribution in [0.25, 0.3) is 4.96 Å². The summed E-state index contributed by atoms with van der Waals surface area (Å²) in [5, 5.41) is 8.07. The highest BCUT2D eigenvalue weighted by atomic mass is 32.1. The number of nitrogens with one attached hydrogen (secondary N) is 1. The molecule has 4 rings (SSSR count). The van der Waals surface area contributed by atoms with Gasteiger partial charge in [-0.05, 0) is 24.5 Å². The highest BCUT2D eigenvalue weighted by Crippen LogP contribution is 2.41. The molecule has 2 atom stereocenters. The molecule has 9 heteroatoms. The monoisotopic (exact) mass is 408 g/mol. The highest BCUT2D eigenvalue weighted by Gasteiger charge is 2.37. The van der Waals surface area contributed by atoms with E-state index >= 15 is 0 Å². The van der Waals surface area contributed by atoms with Gasteiger partial charge < -0.3 is 5.32 Å². The Kier molecular flexibility index (Phi) is 5.09. The summed E-state index contributed by atoms with van der Waals surface area (Å²) in [6, 6.07) is 6.95. The lowest BCUT2D eigenvalue weighted by molar-refractivity contribution is -0.138. The quantitative estimate of drug-likeness (QED) is 0.639. The standard InChI is InChI=1S/C19H19F3N4OS/c20-19(21,22)14-8-5-4-6-12(14)13-7-2-1-3-9-15(13)24-17-25-26-16(27)10-11-23-18(26)28-17/h4-6,8,10-11,13,15H,1-3,7,9H2,(H,24,25)/t13-,15+/m1/s1. The predicted molar refractivity (Wildman–Crippen MR) is 102 cm³/mol. The van der Waals surface area contributed by atoms with E-state index < -0.39 is 11.7 Å². The molecule has 1 aliphatic carbocycles. The molecule has 2 aromatic heterocycles.